The van der Waals surface area contributed by atoms with Gasteiger partial charge in [0.1, 0.15) is 22.5 Å². The van der Waals surface area contributed by atoms with E-state index >= 15 is 0 Å². The fourth-order valence-corrected chi connectivity index (χ4v) is 5.56. The van der Waals surface area contributed by atoms with E-state index in [0.717, 1.165) is 28.7 Å². The van der Waals surface area contributed by atoms with Gasteiger partial charge in [-0.1, -0.05) is 29.8 Å². The molecule has 0 heterocycles. The van der Waals surface area contributed by atoms with Gasteiger partial charge in [-0.3, -0.25) is 15.0 Å². The summed E-state index contributed by atoms with van der Waals surface area (Å²) >= 11 is 0. The number of hydrogen-bond donors (Lipinski definition) is 0. The van der Waals surface area contributed by atoms with E-state index in [2.05, 4.69) is 10.2 Å². The molecule has 0 aromatic heterocycles. The summed E-state index contributed by atoms with van der Waals surface area (Å²) in [4.78, 5) is 36.6. The summed E-state index contributed by atoms with van der Waals surface area (Å²) in [7, 11) is -7.65. The standard InChI is InChI=1S/C30H26N4O11S2/c1-20-7-13-23(14-8-20)46(39,40)18-17-44-29(35)25-19-24(47(41,42)43)15-16-27(25)33(2)30(36)45-22-11-9-21(10-12-22)31-32-26-5-3-4-6-28(26)34(37)38/h3-16,19H,17-18H2,1-2H3,(H,41,42,43)/p-1. The highest BCUT2D eigenvalue weighted by molar-refractivity contribution is 7.91. The predicted molar refractivity (Wildman–Crippen MR) is 166 cm³/mol. The molecule has 244 valence electrons. The van der Waals surface area contributed by atoms with Crippen LogP contribution in [0.15, 0.2) is 111 Å². The monoisotopic (exact) mass is 681 g/mol. The highest BCUT2D eigenvalue weighted by Gasteiger charge is 2.24. The van der Waals surface area contributed by atoms with E-state index in [1.54, 1.807) is 25.1 Å². The Bertz CT molecular complexity index is 2070. The third-order valence-corrected chi connectivity index (χ3v) is 9.00. The van der Waals surface area contributed by atoms with Crippen molar-refractivity contribution in [2.75, 3.05) is 24.3 Å². The van der Waals surface area contributed by atoms with E-state index in [9.17, 15) is 41.1 Å². The topological polar surface area (TPSA) is 215 Å². The van der Waals surface area contributed by atoms with E-state index in [1.165, 1.54) is 61.6 Å². The van der Waals surface area contributed by atoms with E-state index in [0.29, 0.717) is 0 Å². The van der Waals surface area contributed by atoms with Crippen molar-refractivity contribution in [1.29, 1.82) is 0 Å². The van der Waals surface area contributed by atoms with Crippen LogP contribution in [0.5, 0.6) is 5.75 Å². The Balaban J connectivity index is 1.48. The minimum absolute atomic E-state index is 0.0121. The molecule has 47 heavy (non-hydrogen) atoms. The molecule has 0 radical (unpaired) electrons. The van der Waals surface area contributed by atoms with Crippen molar-refractivity contribution in [1.82, 2.24) is 0 Å². The Morgan fingerprint density at radius 1 is 0.872 bits per heavy atom. The minimum Gasteiger partial charge on any atom is -0.744 e. The Hall–Kier alpha value is -5.52. The van der Waals surface area contributed by atoms with Crippen molar-refractivity contribution in [2.24, 2.45) is 10.2 Å². The number of nitro groups is 1. The molecule has 0 fully saturated rings. The molecular weight excluding hydrogens is 656 g/mol. The second kappa shape index (κ2) is 14.3. The molecule has 0 N–H and O–H groups in total. The van der Waals surface area contributed by atoms with Gasteiger partial charge >= 0.3 is 12.1 Å². The lowest BCUT2D eigenvalue weighted by Gasteiger charge is -2.21. The Morgan fingerprint density at radius 3 is 2.15 bits per heavy atom. The molecule has 0 saturated carbocycles. The number of carbonyl (C=O) groups excluding carboxylic acids is 2. The van der Waals surface area contributed by atoms with Crippen molar-refractivity contribution in [3.63, 3.8) is 0 Å². The van der Waals surface area contributed by atoms with Gasteiger partial charge in [0, 0.05) is 13.1 Å². The van der Waals surface area contributed by atoms with Crippen molar-refractivity contribution < 1.29 is 45.4 Å². The second-order valence-corrected chi connectivity index (χ2v) is 13.3. The molecule has 0 saturated heterocycles. The number of nitro benzene ring substituents is 1. The number of aryl methyl sites for hydroxylation is 1. The van der Waals surface area contributed by atoms with E-state index in [-0.39, 0.29) is 33.4 Å². The van der Waals surface area contributed by atoms with Gasteiger partial charge in [-0.05, 0) is 67.6 Å². The molecular formula is C30H25N4O11S2-. The first-order chi connectivity index (χ1) is 22.2. The van der Waals surface area contributed by atoms with E-state index in [1.807, 2.05) is 0 Å². The maximum atomic E-state index is 13.0. The zero-order chi connectivity index (χ0) is 34.4. The van der Waals surface area contributed by atoms with Gasteiger partial charge in [0.05, 0.1) is 37.4 Å². The number of nitrogens with zero attached hydrogens (tertiary/aromatic N) is 4. The summed E-state index contributed by atoms with van der Waals surface area (Å²) in [6.07, 6.45) is -1.03. The van der Waals surface area contributed by atoms with Gasteiger partial charge in [-0.15, -0.1) is 5.11 Å². The van der Waals surface area contributed by atoms with Crippen LogP contribution >= 0.6 is 0 Å². The number of esters is 1. The molecule has 4 aromatic rings. The fraction of sp³-hybridized carbons (Fsp3) is 0.133. The smallest absolute Gasteiger partial charge is 0.419 e. The van der Waals surface area contributed by atoms with Crippen LogP contribution in [0.1, 0.15) is 15.9 Å². The van der Waals surface area contributed by atoms with Crippen LogP contribution < -0.4 is 9.64 Å². The lowest BCUT2D eigenvalue weighted by molar-refractivity contribution is -0.384. The lowest BCUT2D eigenvalue weighted by Crippen LogP contribution is -2.31. The van der Waals surface area contributed by atoms with Gasteiger partial charge in [0.2, 0.25) is 0 Å². The summed E-state index contributed by atoms with van der Waals surface area (Å²) in [5, 5.41) is 19.0. The number of benzene rings is 4. The zero-order valence-electron chi connectivity index (χ0n) is 24.7. The number of hydrogen-bond acceptors (Lipinski definition) is 13. The van der Waals surface area contributed by atoms with Gasteiger partial charge < -0.3 is 14.0 Å². The molecule has 1 amide bonds. The zero-order valence-corrected chi connectivity index (χ0v) is 26.3. The number of azo groups is 1. The number of amides is 1. The number of sulfone groups is 1. The minimum atomic E-state index is -5.03. The van der Waals surface area contributed by atoms with Crippen molar-refractivity contribution in [2.45, 2.75) is 16.7 Å². The first-order valence-corrected chi connectivity index (χ1v) is 16.5. The molecule has 4 rings (SSSR count). The number of ether oxygens (including phenoxy) is 2. The molecule has 15 nitrogen and oxygen atoms in total. The highest BCUT2D eigenvalue weighted by Crippen LogP contribution is 2.29. The normalized spacial score (nSPS) is 11.6. The summed E-state index contributed by atoms with van der Waals surface area (Å²) in [6.45, 7) is 1.17. The fourth-order valence-electron chi connectivity index (χ4n) is 3.98. The summed E-state index contributed by atoms with van der Waals surface area (Å²) < 4.78 is 70.7. The number of carbonyl (C=O) groups is 2. The average Bonchev–Trinajstić information content (AvgIpc) is 3.03. The SMILES string of the molecule is Cc1ccc(S(=O)(=O)CCOC(=O)c2cc(S(=O)(=O)[O-])ccc2N(C)C(=O)Oc2ccc(N=Nc3ccccc3[N+](=O)[O-])cc2)cc1. The third-order valence-electron chi connectivity index (χ3n) is 6.47. The molecule has 0 aliphatic rings. The molecule has 0 aliphatic heterocycles. The number of anilines is 1. The first-order valence-electron chi connectivity index (χ1n) is 13.4. The third kappa shape index (κ3) is 8.81. The molecule has 0 aliphatic carbocycles. The van der Waals surface area contributed by atoms with E-state index in [4.69, 9.17) is 9.47 Å². The summed E-state index contributed by atoms with van der Waals surface area (Å²) in [6, 6.07) is 20.0. The van der Waals surface area contributed by atoms with Crippen LogP contribution in [0.2, 0.25) is 0 Å². The molecule has 17 heteroatoms. The second-order valence-electron chi connectivity index (χ2n) is 9.77. The largest absolute Gasteiger partial charge is 0.744 e. The Morgan fingerprint density at radius 2 is 1.51 bits per heavy atom. The molecule has 4 aromatic carbocycles. The quantitative estimate of drug-likeness (QED) is 0.0634. The van der Waals surface area contributed by atoms with Gasteiger partial charge in [-0.25, -0.2) is 26.4 Å². The summed E-state index contributed by atoms with van der Waals surface area (Å²) in [5.74, 6) is -1.76. The first kappa shape index (κ1) is 34.4. The lowest BCUT2D eigenvalue weighted by atomic mass is 10.1. The van der Waals surface area contributed by atoms with Gasteiger partial charge in [0.15, 0.2) is 15.5 Å². The molecule has 0 unspecified atom stereocenters. The van der Waals surface area contributed by atoms with Crippen LogP contribution in [0, 0.1) is 17.0 Å². The van der Waals surface area contributed by atoms with E-state index < -0.39 is 59.8 Å². The molecule has 0 atom stereocenters. The van der Waals surface area contributed by atoms with Crippen LogP contribution in [0.4, 0.5) is 27.5 Å². The van der Waals surface area contributed by atoms with Crippen molar-refractivity contribution in [3.05, 3.63) is 112 Å². The van der Waals surface area contributed by atoms with Crippen molar-refractivity contribution in [3.8, 4) is 5.75 Å². The maximum Gasteiger partial charge on any atom is 0.419 e. The molecule has 0 spiro atoms. The van der Waals surface area contributed by atoms with Crippen LogP contribution in [0.3, 0.4) is 0 Å². The van der Waals surface area contributed by atoms with Crippen LogP contribution in [-0.4, -0.2) is 57.8 Å². The van der Waals surface area contributed by atoms with Crippen LogP contribution in [0.25, 0.3) is 0 Å². The summed E-state index contributed by atoms with van der Waals surface area (Å²) in [5.41, 5.74) is 0.203. The number of rotatable bonds is 11. The average molecular weight is 682 g/mol. The number of para-hydroxylation sites is 1. The Kier molecular flexibility index (Phi) is 10.4. The highest BCUT2D eigenvalue weighted by atomic mass is 32.2. The van der Waals surface area contributed by atoms with Crippen molar-refractivity contribution >= 4 is 54.8 Å². The maximum absolute atomic E-state index is 13.0. The van der Waals surface area contributed by atoms with Gasteiger partial charge in [0.25, 0.3) is 5.69 Å². The Labute approximate surface area is 268 Å². The molecule has 0 bridgehead atoms. The van der Waals surface area contributed by atoms with Gasteiger partial charge in [-0.2, -0.15) is 5.11 Å². The predicted octanol–water partition coefficient (Wildman–Crippen LogP) is 5.49. The van der Waals surface area contributed by atoms with Crippen LogP contribution in [-0.2, 0) is 24.7 Å².